The molecule has 2 aromatic heterocycles. The fourth-order valence-corrected chi connectivity index (χ4v) is 13.9. The van der Waals surface area contributed by atoms with Crippen LogP contribution in [0.5, 0.6) is 11.5 Å². The van der Waals surface area contributed by atoms with Crippen LogP contribution in [0, 0.1) is 0 Å². The van der Waals surface area contributed by atoms with E-state index >= 15 is 0 Å². The van der Waals surface area contributed by atoms with Gasteiger partial charge in [-0.1, -0.05) is 183 Å². The zero-order chi connectivity index (χ0) is 56.2. The number of anilines is 6. The molecule has 2 aliphatic heterocycles. The largest absolute Gasteiger partial charge is 0.458 e. The van der Waals surface area contributed by atoms with Gasteiger partial charge in [0.2, 0.25) is 0 Å². The van der Waals surface area contributed by atoms with Crippen molar-refractivity contribution in [3.63, 3.8) is 0 Å². The predicted molar refractivity (Wildman–Crippen MR) is 348 cm³/mol. The fourth-order valence-electron chi connectivity index (χ4n) is 12.6. The number of ether oxygens (including phenoxy) is 1. The summed E-state index contributed by atoms with van der Waals surface area (Å²) in [4.78, 5) is 4.93. The van der Waals surface area contributed by atoms with Crippen LogP contribution in [0.1, 0.15) is 132 Å². The third-order valence-electron chi connectivity index (χ3n) is 17.2. The summed E-state index contributed by atoms with van der Waals surface area (Å²) < 4.78 is 12.5. The second-order valence-corrected chi connectivity index (χ2v) is 29.0. The van der Waals surface area contributed by atoms with E-state index in [9.17, 15) is 0 Å². The number of hydrogen-bond donors (Lipinski definition) is 0. The molecule has 0 amide bonds. The first kappa shape index (κ1) is 51.9. The van der Waals surface area contributed by atoms with E-state index in [1.54, 1.807) is 0 Å². The van der Waals surface area contributed by atoms with E-state index in [2.05, 4.69) is 294 Å². The molecule has 9 aromatic carbocycles. The lowest BCUT2D eigenvalue weighted by atomic mass is 9.34. The van der Waals surface area contributed by atoms with Crippen molar-refractivity contribution in [2.24, 2.45) is 0 Å². The van der Waals surface area contributed by atoms with Crippen LogP contribution in [0.4, 0.5) is 34.1 Å². The highest BCUT2D eigenvalue weighted by Gasteiger charge is 2.44. The molecule has 0 aliphatic carbocycles. The lowest BCUT2D eigenvalue weighted by Gasteiger charge is -2.41. The van der Waals surface area contributed by atoms with Crippen molar-refractivity contribution in [1.29, 1.82) is 0 Å². The van der Waals surface area contributed by atoms with Crippen molar-refractivity contribution in [1.82, 2.24) is 4.57 Å². The molecule has 2 aliphatic rings. The summed E-state index contributed by atoms with van der Waals surface area (Å²) in [6.07, 6.45) is 0. The number of aromatic nitrogens is 1. The molecule has 0 saturated heterocycles. The predicted octanol–water partition coefficient (Wildman–Crippen LogP) is 19.5. The second-order valence-electron chi connectivity index (χ2n) is 27.9. The zero-order valence-corrected chi connectivity index (χ0v) is 50.3. The van der Waals surface area contributed by atoms with Gasteiger partial charge in [-0.25, -0.2) is 0 Å². The van der Waals surface area contributed by atoms with Crippen molar-refractivity contribution in [2.45, 2.75) is 131 Å². The van der Waals surface area contributed by atoms with E-state index in [1.807, 2.05) is 11.3 Å². The van der Waals surface area contributed by atoms with Crippen LogP contribution in [0.2, 0.25) is 0 Å². The maximum Gasteiger partial charge on any atom is 0.258 e. The number of thiophene rings is 1. The molecule has 0 N–H and O–H groups in total. The van der Waals surface area contributed by atoms with Gasteiger partial charge in [-0.2, -0.15) is 0 Å². The van der Waals surface area contributed by atoms with E-state index in [1.165, 1.54) is 92.1 Å². The van der Waals surface area contributed by atoms with Gasteiger partial charge in [-0.05, 0) is 162 Å². The smallest absolute Gasteiger partial charge is 0.258 e. The Labute approximate surface area is 478 Å². The third kappa shape index (κ3) is 8.46. The second kappa shape index (κ2) is 18.0. The summed E-state index contributed by atoms with van der Waals surface area (Å²) in [7, 11) is 0. The van der Waals surface area contributed by atoms with Gasteiger partial charge in [0, 0.05) is 71.1 Å². The molecule has 4 nitrogen and oxygen atoms in total. The molecule has 0 spiro atoms. The molecule has 400 valence electrons. The Morgan fingerprint density at radius 3 is 1.44 bits per heavy atom. The van der Waals surface area contributed by atoms with Crippen LogP contribution in [0.3, 0.4) is 0 Å². The standard InChI is InChI=1S/C74H74BN3OS/c1-70(2,3)45-23-31-50(32-24-45)76(51-33-25-46(26-34-51)71(4,5)6)53-37-38-57-64(43-53)79-63-21-18-20-60-67(63)75(57)68-62(77(60)52-35-27-47(28-36-52)72(7,8)9)44-61(66-54-19-16-17-22-65(54)80-69(66)68)78-58-39-29-48(73(10,11)12)41-55(58)56-42-49(74(13,14)15)30-40-59(56)78/h16-44H,1-15H3. The molecule has 0 bridgehead atoms. The Balaban J connectivity index is 1.10. The van der Waals surface area contributed by atoms with Gasteiger partial charge in [-0.3, -0.25) is 0 Å². The molecular weight excluding hydrogens is 990 g/mol. The van der Waals surface area contributed by atoms with Crippen molar-refractivity contribution >= 4 is 111 Å². The van der Waals surface area contributed by atoms with Crippen LogP contribution in [0.25, 0.3) is 47.7 Å². The first-order valence-electron chi connectivity index (χ1n) is 28.8. The number of benzene rings is 9. The summed E-state index contributed by atoms with van der Waals surface area (Å²) in [6.45, 7) is 34.4. The van der Waals surface area contributed by atoms with Gasteiger partial charge in [0.25, 0.3) is 6.71 Å². The number of hydrogen-bond acceptors (Lipinski definition) is 4. The first-order valence-corrected chi connectivity index (χ1v) is 29.6. The minimum absolute atomic E-state index is 0.000262. The highest BCUT2D eigenvalue weighted by Crippen LogP contribution is 2.50. The van der Waals surface area contributed by atoms with Gasteiger partial charge in [0.05, 0.1) is 16.7 Å². The zero-order valence-electron chi connectivity index (χ0n) is 49.5. The Bertz CT molecular complexity index is 4150. The summed E-state index contributed by atoms with van der Waals surface area (Å²) in [5, 5.41) is 5.12. The maximum atomic E-state index is 7.34. The fraction of sp³-hybridized carbons (Fsp3) is 0.270. The molecule has 4 heterocycles. The lowest BCUT2D eigenvalue weighted by molar-refractivity contribution is 0.487. The van der Waals surface area contributed by atoms with Crippen LogP contribution < -0.4 is 30.9 Å². The molecule has 6 heteroatoms. The summed E-state index contributed by atoms with van der Waals surface area (Å²) in [5.41, 5.74) is 20.6. The quantitative estimate of drug-likeness (QED) is 0.160. The highest BCUT2D eigenvalue weighted by molar-refractivity contribution is 7.28. The van der Waals surface area contributed by atoms with E-state index in [0.29, 0.717) is 0 Å². The molecule has 0 unspecified atom stereocenters. The van der Waals surface area contributed by atoms with Crippen molar-refractivity contribution < 1.29 is 4.74 Å². The van der Waals surface area contributed by atoms with E-state index in [-0.39, 0.29) is 33.8 Å². The van der Waals surface area contributed by atoms with Crippen LogP contribution in [0.15, 0.2) is 176 Å². The summed E-state index contributed by atoms with van der Waals surface area (Å²) >= 11 is 1.93. The van der Waals surface area contributed by atoms with Crippen LogP contribution in [-0.4, -0.2) is 11.3 Å². The van der Waals surface area contributed by atoms with Gasteiger partial charge in [0.1, 0.15) is 11.5 Å². The van der Waals surface area contributed by atoms with Crippen molar-refractivity contribution in [3.05, 3.63) is 204 Å². The molecule has 0 saturated carbocycles. The van der Waals surface area contributed by atoms with Gasteiger partial charge >= 0.3 is 0 Å². The Kier molecular flexibility index (Phi) is 11.7. The molecule has 11 aromatic rings. The normalized spacial score (nSPS) is 13.7. The van der Waals surface area contributed by atoms with E-state index in [0.717, 1.165) is 45.4 Å². The molecular formula is C74H74BN3OS. The Morgan fingerprint density at radius 2 is 0.900 bits per heavy atom. The molecule has 13 rings (SSSR count). The SMILES string of the molecule is CC(C)(C)c1ccc(N(c2ccc(C(C)(C)C)cc2)c2ccc3c(c2)Oc2cccc4c2B3c2c(cc(-n3c5ccc(C(C)(C)C)cc5c5cc(C(C)(C)C)ccc53)c3c2sc2ccccc23)N4c2ccc(C(C)(C)C)cc2)cc1. The highest BCUT2D eigenvalue weighted by atomic mass is 32.1. The van der Waals surface area contributed by atoms with E-state index in [4.69, 9.17) is 4.74 Å². The molecule has 0 fully saturated rings. The van der Waals surface area contributed by atoms with Gasteiger partial charge < -0.3 is 19.1 Å². The summed E-state index contributed by atoms with van der Waals surface area (Å²) in [6, 6.07) is 67.4. The topological polar surface area (TPSA) is 20.6 Å². The van der Waals surface area contributed by atoms with Gasteiger partial charge in [-0.15, -0.1) is 11.3 Å². The Morgan fingerprint density at radius 1 is 0.400 bits per heavy atom. The molecule has 80 heavy (non-hydrogen) atoms. The lowest BCUT2D eigenvalue weighted by Crippen LogP contribution is -2.59. The Hall–Kier alpha value is -7.54. The number of fused-ring (bicyclic) bond motifs is 11. The third-order valence-corrected chi connectivity index (χ3v) is 18.5. The van der Waals surface area contributed by atoms with Crippen LogP contribution >= 0.6 is 11.3 Å². The van der Waals surface area contributed by atoms with Gasteiger partial charge in [0.15, 0.2) is 0 Å². The molecule has 0 radical (unpaired) electrons. The summed E-state index contributed by atoms with van der Waals surface area (Å²) in [5.74, 6) is 1.76. The monoisotopic (exact) mass is 1060 g/mol. The average Bonchev–Trinajstić information content (AvgIpc) is 4.15. The number of rotatable bonds is 5. The average molecular weight is 1060 g/mol. The minimum atomic E-state index is -0.129. The van der Waals surface area contributed by atoms with Crippen molar-refractivity contribution in [2.75, 3.05) is 9.80 Å². The van der Waals surface area contributed by atoms with Crippen molar-refractivity contribution in [3.8, 4) is 17.2 Å². The molecule has 0 atom stereocenters. The minimum Gasteiger partial charge on any atom is -0.458 e. The number of nitrogens with zero attached hydrogens (tertiary/aromatic N) is 3. The maximum absolute atomic E-state index is 7.34. The first-order chi connectivity index (χ1) is 37.8. The van der Waals surface area contributed by atoms with E-state index < -0.39 is 0 Å². The van der Waals surface area contributed by atoms with Crippen LogP contribution in [-0.2, 0) is 27.1 Å².